The van der Waals surface area contributed by atoms with E-state index in [4.69, 9.17) is 0 Å². The lowest BCUT2D eigenvalue weighted by atomic mass is 10.3. The maximum atomic E-state index is 2.93. The summed E-state index contributed by atoms with van der Waals surface area (Å²) in [6, 6.07) is 8.36. The van der Waals surface area contributed by atoms with Gasteiger partial charge in [-0.2, -0.15) is 0 Å². The van der Waals surface area contributed by atoms with Crippen molar-refractivity contribution in [1.82, 2.24) is 0 Å². The lowest BCUT2D eigenvalue weighted by Crippen LogP contribution is -2.33. The van der Waals surface area contributed by atoms with E-state index in [1.807, 2.05) is 46.1 Å². The van der Waals surface area contributed by atoms with Crippen LogP contribution >= 0.6 is 21.6 Å². The monoisotopic (exact) mass is 308 g/mol. The first-order valence-corrected chi connectivity index (χ1v) is 9.34. The summed E-state index contributed by atoms with van der Waals surface area (Å²) >= 11 is 0. The standard InChI is InChI=1S/C10H16NS2.C6H7N/c1-3-12-13-9-8-11-6-4-10(2)5-7-11;1-6-2-4-7-5-3-6/h4-7H,3,8-9H2,1-2H3;2-5H,1H3/q+1;/p+1. The largest absolute Gasteiger partial charge is 0.218 e. The van der Waals surface area contributed by atoms with Crippen LogP contribution in [0.5, 0.6) is 0 Å². The van der Waals surface area contributed by atoms with Crippen LogP contribution in [0.1, 0.15) is 18.1 Å². The van der Waals surface area contributed by atoms with E-state index in [0.717, 1.165) is 6.54 Å². The van der Waals surface area contributed by atoms with Gasteiger partial charge >= 0.3 is 0 Å². The Morgan fingerprint density at radius 3 is 2.05 bits per heavy atom. The summed E-state index contributed by atoms with van der Waals surface area (Å²) in [5.41, 5.74) is 2.62. The topological polar surface area (TPSA) is 18.0 Å². The van der Waals surface area contributed by atoms with Crippen LogP contribution in [0.15, 0.2) is 49.1 Å². The van der Waals surface area contributed by atoms with Gasteiger partial charge in [-0.15, -0.1) is 0 Å². The van der Waals surface area contributed by atoms with Gasteiger partial charge in [-0.1, -0.05) is 28.5 Å². The number of aromatic amines is 1. The number of H-pyrrole nitrogens is 1. The van der Waals surface area contributed by atoms with Gasteiger partial charge in [-0.3, -0.25) is 0 Å². The third kappa shape index (κ3) is 8.23. The highest BCUT2D eigenvalue weighted by Crippen LogP contribution is 2.19. The van der Waals surface area contributed by atoms with E-state index in [1.165, 1.54) is 22.6 Å². The van der Waals surface area contributed by atoms with Gasteiger partial charge in [0, 0.05) is 30.0 Å². The van der Waals surface area contributed by atoms with Crippen molar-refractivity contribution in [3.8, 4) is 0 Å². The van der Waals surface area contributed by atoms with Crippen molar-refractivity contribution in [2.75, 3.05) is 11.5 Å². The normalized spacial score (nSPS) is 9.75. The fraction of sp³-hybridized carbons (Fsp3) is 0.375. The molecular weight excluding hydrogens is 284 g/mol. The summed E-state index contributed by atoms with van der Waals surface area (Å²) in [6.45, 7) is 7.48. The molecular formula is C16H24N2S2+2. The van der Waals surface area contributed by atoms with Gasteiger partial charge < -0.3 is 0 Å². The Morgan fingerprint density at radius 2 is 1.55 bits per heavy atom. The van der Waals surface area contributed by atoms with Crippen molar-refractivity contribution in [3.05, 3.63) is 60.2 Å². The zero-order chi connectivity index (χ0) is 14.6. The van der Waals surface area contributed by atoms with E-state index in [2.05, 4.69) is 54.8 Å². The molecule has 0 aliphatic carbocycles. The molecule has 0 bridgehead atoms. The molecule has 0 atom stereocenters. The van der Waals surface area contributed by atoms with E-state index < -0.39 is 0 Å². The van der Waals surface area contributed by atoms with Gasteiger partial charge in [0.05, 0.1) is 5.75 Å². The summed E-state index contributed by atoms with van der Waals surface area (Å²) in [6.07, 6.45) is 8.11. The van der Waals surface area contributed by atoms with Crippen molar-refractivity contribution < 1.29 is 9.55 Å². The maximum absolute atomic E-state index is 2.93. The number of rotatable bonds is 5. The molecule has 4 heteroatoms. The number of pyridine rings is 2. The number of aryl methyl sites for hydroxylation is 3. The molecule has 0 spiro atoms. The fourth-order valence-electron chi connectivity index (χ4n) is 1.44. The smallest absolute Gasteiger partial charge is 0.169 e. The molecule has 0 unspecified atom stereocenters. The van der Waals surface area contributed by atoms with E-state index >= 15 is 0 Å². The molecule has 0 aliphatic rings. The molecule has 0 saturated heterocycles. The van der Waals surface area contributed by atoms with E-state index in [9.17, 15) is 0 Å². The molecule has 0 fully saturated rings. The first-order chi connectivity index (χ1) is 9.72. The van der Waals surface area contributed by atoms with Crippen LogP contribution < -0.4 is 9.55 Å². The van der Waals surface area contributed by atoms with Gasteiger partial charge in [0.1, 0.15) is 0 Å². The van der Waals surface area contributed by atoms with E-state index in [1.54, 1.807) is 0 Å². The Bertz CT molecular complexity index is 458. The minimum Gasteiger partial charge on any atom is -0.218 e. The molecule has 2 heterocycles. The van der Waals surface area contributed by atoms with Crippen molar-refractivity contribution in [2.24, 2.45) is 0 Å². The molecule has 108 valence electrons. The van der Waals surface area contributed by atoms with Crippen molar-refractivity contribution >= 4 is 21.6 Å². The van der Waals surface area contributed by atoms with Gasteiger partial charge in [-0.05, 0) is 25.0 Å². The maximum Gasteiger partial charge on any atom is 0.169 e. The van der Waals surface area contributed by atoms with Crippen molar-refractivity contribution in [1.29, 1.82) is 0 Å². The molecule has 2 aromatic heterocycles. The molecule has 2 aromatic rings. The number of nitrogens with zero attached hydrogens (tertiary/aromatic N) is 1. The minimum absolute atomic E-state index is 1.11. The summed E-state index contributed by atoms with van der Waals surface area (Å²) in [7, 11) is 3.88. The van der Waals surface area contributed by atoms with Crippen molar-refractivity contribution in [2.45, 2.75) is 27.3 Å². The molecule has 0 aliphatic heterocycles. The summed E-state index contributed by atoms with van der Waals surface area (Å²) in [4.78, 5) is 2.93. The predicted octanol–water partition coefficient (Wildman–Crippen LogP) is 3.49. The zero-order valence-electron chi connectivity index (χ0n) is 12.5. The lowest BCUT2D eigenvalue weighted by molar-refractivity contribution is -0.692. The first-order valence-electron chi connectivity index (χ1n) is 6.85. The highest BCUT2D eigenvalue weighted by molar-refractivity contribution is 8.76. The summed E-state index contributed by atoms with van der Waals surface area (Å²) < 4.78 is 2.23. The van der Waals surface area contributed by atoms with Crippen LogP contribution in [0, 0.1) is 13.8 Å². The molecule has 2 rings (SSSR count). The second-order valence-corrected chi connectivity index (χ2v) is 7.29. The molecule has 2 nitrogen and oxygen atoms in total. The number of hydrogen-bond donors (Lipinski definition) is 0. The van der Waals surface area contributed by atoms with Crippen LogP contribution in [-0.2, 0) is 6.54 Å². The van der Waals surface area contributed by atoms with Gasteiger partial charge in [0.25, 0.3) is 0 Å². The third-order valence-corrected chi connectivity index (χ3v) is 5.04. The Balaban J connectivity index is 0.000000240. The second-order valence-electron chi connectivity index (χ2n) is 4.42. The molecule has 20 heavy (non-hydrogen) atoms. The lowest BCUT2D eigenvalue weighted by Gasteiger charge is -1.96. The van der Waals surface area contributed by atoms with E-state index in [0.29, 0.717) is 0 Å². The Morgan fingerprint density at radius 1 is 0.950 bits per heavy atom. The van der Waals surface area contributed by atoms with Crippen LogP contribution in [0.3, 0.4) is 0 Å². The van der Waals surface area contributed by atoms with E-state index in [-0.39, 0.29) is 0 Å². The van der Waals surface area contributed by atoms with Gasteiger partial charge in [0.2, 0.25) is 0 Å². The Labute approximate surface area is 130 Å². The molecule has 0 saturated carbocycles. The van der Waals surface area contributed by atoms with Crippen LogP contribution in [-0.4, -0.2) is 11.5 Å². The first kappa shape index (κ1) is 17.1. The average Bonchev–Trinajstić information content (AvgIpc) is 2.47. The Kier molecular flexibility index (Phi) is 9.16. The highest BCUT2D eigenvalue weighted by atomic mass is 33.1. The highest BCUT2D eigenvalue weighted by Gasteiger charge is 1.98. The second kappa shape index (κ2) is 10.7. The van der Waals surface area contributed by atoms with Crippen molar-refractivity contribution in [3.63, 3.8) is 0 Å². The molecule has 0 radical (unpaired) electrons. The zero-order valence-corrected chi connectivity index (χ0v) is 14.1. The van der Waals surface area contributed by atoms with Gasteiger partial charge in [-0.25, -0.2) is 9.55 Å². The fourth-order valence-corrected chi connectivity index (χ4v) is 3.08. The SMILES string of the molecule is CCSSCC[n+]1ccc(C)cc1.Cc1cc[nH+]cc1. The molecule has 0 amide bonds. The summed E-state index contributed by atoms with van der Waals surface area (Å²) in [5, 5.41) is 0. The number of aromatic nitrogens is 2. The van der Waals surface area contributed by atoms with Crippen LogP contribution in [0.4, 0.5) is 0 Å². The number of hydrogen-bond acceptors (Lipinski definition) is 2. The average molecular weight is 309 g/mol. The quantitative estimate of drug-likeness (QED) is 0.478. The molecule has 1 N–H and O–H groups in total. The predicted molar refractivity (Wildman–Crippen MR) is 89.7 cm³/mol. The molecule has 0 aromatic carbocycles. The minimum atomic E-state index is 1.11. The van der Waals surface area contributed by atoms with Gasteiger partial charge in [0.15, 0.2) is 31.3 Å². The van der Waals surface area contributed by atoms with Crippen LogP contribution in [0.2, 0.25) is 0 Å². The third-order valence-electron chi connectivity index (χ3n) is 2.58. The number of nitrogens with one attached hydrogen (secondary N) is 1. The summed E-state index contributed by atoms with van der Waals surface area (Å²) in [5.74, 6) is 2.38. The Hall–Kier alpha value is -1.00. The van der Waals surface area contributed by atoms with Crippen LogP contribution in [0.25, 0.3) is 0 Å².